The van der Waals surface area contributed by atoms with Crippen LogP contribution in [0.15, 0.2) is 36.4 Å². The van der Waals surface area contributed by atoms with Crippen molar-refractivity contribution in [3.8, 4) is 17.2 Å². The van der Waals surface area contributed by atoms with Gasteiger partial charge in [-0.1, -0.05) is 0 Å². The summed E-state index contributed by atoms with van der Waals surface area (Å²) in [6, 6.07) is 8.39. The van der Waals surface area contributed by atoms with Crippen molar-refractivity contribution in [1.29, 1.82) is 0 Å². The maximum absolute atomic E-state index is 12.5. The first-order chi connectivity index (χ1) is 12.9. The molecule has 142 valence electrons. The highest BCUT2D eigenvalue weighted by molar-refractivity contribution is 5.97. The van der Waals surface area contributed by atoms with Crippen LogP contribution in [-0.4, -0.2) is 46.3 Å². The van der Waals surface area contributed by atoms with Crippen LogP contribution >= 0.6 is 0 Å². The monoisotopic (exact) mass is 374 g/mol. The molecule has 8 nitrogen and oxygen atoms in total. The van der Waals surface area contributed by atoms with Gasteiger partial charge < -0.3 is 23.7 Å². The summed E-state index contributed by atoms with van der Waals surface area (Å²) in [7, 11) is 5.29. The van der Waals surface area contributed by atoms with Gasteiger partial charge in [-0.05, 0) is 30.3 Å². The molecule has 2 aromatic rings. The molecule has 2 aromatic carbocycles. The number of rotatable bonds is 6. The van der Waals surface area contributed by atoms with Gasteiger partial charge in [0.25, 0.3) is 0 Å². The highest BCUT2D eigenvalue weighted by Gasteiger charge is 2.18. The fourth-order valence-corrected chi connectivity index (χ4v) is 2.22. The predicted molar refractivity (Wildman–Crippen MR) is 93.6 cm³/mol. The van der Waals surface area contributed by atoms with Crippen LogP contribution in [0.1, 0.15) is 31.1 Å². The fraction of sp³-hybridized carbons (Fsp3) is 0.211. The van der Waals surface area contributed by atoms with E-state index in [2.05, 4.69) is 9.47 Å². The largest absolute Gasteiger partial charge is 0.497 e. The number of hydrogen-bond acceptors (Lipinski definition) is 8. The van der Waals surface area contributed by atoms with Crippen molar-refractivity contribution in [2.24, 2.45) is 0 Å². The Hall–Kier alpha value is -3.55. The van der Waals surface area contributed by atoms with Crippen molar-refractivity contribution in [3.05, 3.63) is 53.1 Å². The number of carbonyl (C=O) groups excluding carboxylic acids is 3. The third kappa shape index (κ3) is 4.75. The molecule has 0 radical (unpaired) electrons. The van der Waals surface area contributed by atoms with E-state index in [-0.39, 0.29) is 22.4 Å². The van der Waals surface area contributed by atoms with Crippen LogP contribution in [0.5, 0.6) is 17.2 Å². The van der Waals surface area contributed by atoms with Gasteiger partial charge in [0, 0.05) is 6.07 Å². The Morgan fingerprint density at radius 1 is 0.556 bits per heavy atom. The third-order valence-corrected chi connectivity index (χ3v) is 3.55. The minimum absolute atomic E-state index is 0.0231. The highest BCUT2D eigenvalue weighted by Crippen LogP contribution is 2.25. The third-order valence-electron chi connectivity index (χ3n) is 3.55. The second-order valence-electron chi connectivity index (χ2n) is 5.22. The molecule has 0 spiro atoms. The molecule has 0 amide bonds. The summed E-state index contributed by atoms with van der Waals surface area (Å²) in [5.41, 5.74) is 0.229. The smallest absolute Gasteiger partial charge is 0.343 e. The number of carbonyl (C=O) groups is 3. The van der Waals surface area contributed by atoms with Crippen molar-refractivity contribution >= 4 is 17.9 Å². The lowest BCUT2D eigenvalue weighted by Crippen LogP contribution is -2.12. The van der Waals surface area contributed by atoms with E-state index in [4.69, 9.17) is 14.2 Å². The van der Waals surface area contributed by atoms with E-state index in [9.17, 15) is 14.4 Å². The molecule has 0 unspecified atom stereocenters. The van der Waals surface area contributed by atoms with Crippen molar-refractivity contribution in [1.82, 2.24) is 0 Å². The van der Waals surface area contributed by atoms with Gasteiger partial charge in [0.15, 0.2) is 0 Å². The Morgan fingerprint density at radius 2 is 0.963 bits per heavy atom. The molecule has 8 heteroatoms. The quantitative estimate of drug-likeness (QED) is 0.562. The number of esters is 3. The summed E-state index contributed by atoms with van der Waals surface area (Å²) in [5, 5.41) is 0. The molecule has 0 saturated carbocycles. The van der Waals surface area contributed by atoms with Gasteiger partial charge in [0.2, 0.25) is 0 Å². The molecule has 0 bridgehead atoms. The lowest BCUT2D eigenvalue weighted by atomic mass is 10.1. The van der Waals surface area contributed by atoms with Crippen LogP contribution in [0.25, 0.3) is 0 Å². The van der Waals surface area contributed by atoms with Crippen LogP contribution in [0.4, 0.5) is 0 Å². The standard InChI is InChI=1S/C19H18O8/c1-23-14-6-13(7-15(10-14)24-2)19(22)27-16-8-11(17(20)25-3)5-12(9-16)18(21)26-4/h5-10H,1-4H3. The number of hydrogen-bond donors (Lipinski definition) is 0. The molecule has 0 aliphatic heterocycles. The zero-order valence-electron chi connectivity index (χ0n) is 15.2. The van der Waals surface area contributed by atoms with Gasteiger partial charge in [-0.15, -0.1) is 0 Å². The molecular weight excluding hydrogens is 356 g/mol. The maximum atomic E-state index is 12.5. The summed E-state index contributed by atoms with van der Waals surface area (Å²) in [6.45, 7) is 0. The summed E-state index contributed by atoms with van der Waals surface area (Å²) in [4.78, 5) is 36.1. The first-order valence-electron chi connectivity index (χ1n) is 7.68. The topological polar surface area (TPSA) is 97.4 Å². The van der Waals surface area contributed by atoms with Gasteiger partial charge in [0.05, 0.1) is 45.1 Å². The zero-order valence-corrected chi connectivity index (χ0v) is 15.2. The fourth-order valence-electron chi connectivity index (χ4n) is 2.22. The van der Waals surface area contributed by atoms with Crippen LogP contribution in [0.2, 0.25) is 0 Å². The minimum Gasteiger partial charge on any atom is -0.497 e. The Kier molecular flexibility index (Phi) is 6.37. The van der Waals surface area contributed by atoms with E-state index in [1.807, 2.05) is 0 Å². The van der Waals surface area contributed by atoms with Gasteiger partial charge in [-0.25, -0.2) is 14.4 Å². The Labute approximate surface area is 155 Å². The Morgan fingerprint density at radius 3 is 1.37 bits per heavy atom. The molecular formula is C19H18O8. The van der Waals surface area contributed by atoms with Crippen LogP contribution < -0.4 is 14.2 Å². The van der Waals surface area contributed by atoms with E-state index < -0.39 is 17.9 Å². The van der Waals surface area contributed by atoms with Gasteiger partial charge in [-0.2, -0.15) is 0 Å². The predicted octanol–water partition coefficient (Wildman–Crippen LogP) is 2.50. The van der Waals surface area contributed by atoms with Crippen molar-refractivity contribution < 1.29 is 38.1 Å². The van der Waals surface area contributed by atoms with Gasteiger partial charge in [0.1, 0.15) is 17.2 Å². The second kappa shape index (κ2) is 8.70. The SMILES string of the molecule is COC(=O)c1cc(OC(=O)c2cc(OC)cc(OC)c2)cc(C(=O)OC)c1. The summed E-state index contributed by atoms with van der Waals surface area (Å²) in [6.07, 6.45) is 0. The van der Waals surface area contributed by atoms with Gasteiger partial charge >= 0.3 is 17.9 Å². The van der Waals surface area contributed by atoms with Gasteiger partial charge in [-0.3, -0.25) is 0 Å². The minimum atomic E-state index is -0.731. The van der Waals surface area contributed by atoms with E-state index in [0.29, 0.717) is 11.5 Å². The second-order valence-corrected chi connectivity index (χ2v) is 5.22. The van der Waals surface area contributed by atoms with Crippen molar-refractivity contribution in [3.63, 3.8) is 0 Å². The van der Waals surface area contributed by atoms with Crippen molar-refractivity contribution in [2.45, 2.75) is 0 Å². The van der Waals surface area contributed by atoms with E-state index >= 15 is 0 Å². The lowest BCUT2D eigenvalue weighted by molar-refractivity contribution is 0.0593. The normalized spacial score (nSPS) is 9.93. The molecule has 0 aromatic heterocycles. The number of benzene rings is 2. The van der Waals surface area contributed by atoms with Crippen LogP contribution in [0.3, 0.4) is 0 Å². The van der Waals surface area contributed by atoms with E-state index in [1.165, 1.54) is 58.8 Å². The first-order valence-corrected chi connectivity index (χ1v) is 7.68. The lowest BCUT2D eigenvalue weighted by Gasteiger charge is -2.10. The van der Waals surface area contributed by atoms with E-state index in [0.717, 1.165) is 0 Å². The summed E-state index contributed by atoms with van der Waals surface area (Å²) in [5.74, 6) is -1.34. The average molecular weight is 374 g/mol. The molecule has 0 aliphatic carbocycles. The van der Waals surface area contributed by atoms with E-state index in [1.54, 1.807) is 6.07 Å². The molecule has 27 heavy (non-hydrogen) atoms. The highest BCUT2D eigenvalue weighted by atomic mass is 16.5. The molecule has 0 aliphatic rings. The molecule has 0 heterocycles. The first kappa shape index (κ1) is 19.8. The Balaban J connectivity index is 2.39. The average Bonchev–Trinajstić information content (AvgIpc) is 2.71. The van der Waals surface area contributed by atoms with Crippen LogP contribution in [-0.2, 0) is 9.47 Å². The molecule has 0 N–H and O–H groups in total. The maximum Gasteiger partial charge on any atom is 0.343 e. The van der Waals surface area contributed by atoms with Crippen molar-refractivity contribution in [2.75, 3.05) is 28.4 Å². The number of ether oxygens (including phenoxy) is 5. The Bertz CT molecular complexity index is 816. The molecule has 0 saturated heterocycles. The molecule has 2 rings (SSSR count). The summed E-state index contributed by atoms with van der Waals surface area (Å²) < 4.78 is 24.8. The summed E-state index contributed by atoms with van der Waals surface area (Å²) >= 11 is 0. The van der Waals surface area contributed by atoms with Crippen LogP contribution in [0, 0.1) is 0 Å². The zero-order chi connectivity index (χ0) is 20.0. The number of methoxy groups -OCH3 is 4. The molecule has 0 atom stereocenters. The molecule has 0 fully saturated rings.